The summed E-state index contributed by atoms with van der Waals surface area (Å²) in [6.07, 6.45) is 0.166. The summed E-state index contributed by atoms with van der Waals surface area (Å²) in [5.74, 6) is 1.38. The first kappa shape index (κ1) is 13.4. The van der Waals surface area contributed by atoms with Crippen LogP contribution in [-0.2, 0) is 6.54 Å². The van der Waals surface area contributed by atoms with E-state index in [4.69, 9.17) is 9.15 Å². The SMILES string of the molecule is CNCc1nnc(Nc2ccc(OC(C)C)cc2)o1. The van der Waals surface area contributed by atoms with Crippen molar-refractivity contribution in [2.75, 3.05) is 12.4 Å². The van der Waals surface area contributed by atoms with E-state index in [1.807, 2.05) is 45.2 Å². The summed E-state index contributed by atoms with van der Waals surface area (Å²) < 4.78 is 11.0. The normalized spacial score (nSPS) is 10.7. The van der Waals surface area contributed by atoms with E-state index in [0.717, 1.165) is 11.4 Å². The second-order valence-electron chi connectivity index (χ2n) is 4.35. The van der Waals surface area contributed by atoms with Gasteiger partial charge in [-0.05, 0) is 45.2 Å². The van der Waals surface area contributed by atoms with E-state index in [-0.39, 0.29) is 6.10 Å². The van der Waals surface area contributed by atoms with Crippen LogP contribution in [0.4, 0.5) is 11.7 Å². The van der Waals surface area contributed by atoms with Crippen molar-refractivity contribution >= 4 is 11.7 Å². The molecule has 0 aliphatic heterocycles. The van der Waals surface area contributed by atoms with Gasteiger partial charge in [0.25, 0.3) is 0 Å². The topological polar surface area (TPSA) is 72.2 Å². The fourth-order valence-corrected chi connectivity index (χ4v) is 1.54. The molecule has 0 saturated heterocycles. The average Bonchev–Trinajstić information content (AvgIpc) is 2.79. The number of nitrogens with zero attached hydrogens (tertiary/aromatic N) is 2. The highest BCUT2D eigenvalue weighted by molar-refractivity contribution is 5.53. The molecule has 0 saturated carbocycles. The van der Waals surface area contributed by atoms with Crippen molar-refractivity contribution < 1.29 is 9.15 Å². The molecular formula is C13H18N4O2. The van der Waals surface area contributed by atoms with Crippen molar-refractivity contribution in [1.29, 1.82) is 0 Å². The van der Waals surface area contributed by atoms with Crippen molar-refractivity contribution in [2.24, 2.45) is 0 Å². The van der Waals surface area contributed by atoms with Crippen molar-refractivity contribution in [3.8, 4) is 5.75 Å². The number of hydrogen-bond acceptors (Lipinski definition) is 6. The van der Waals surface area contributed by atoms with Crippen LogP contribution in [-0.4, -0.2) is 23.3 Å². The summed E-state index contributed by atoms with van der Waals surface area (Å²) in [5.41, 5.74) is 0.871. The van der Waals surface area contributed by atoms with Gasteiger partial charge in [-0.2, -0.15) is 0 Å². The van der Waals surface area contributed by atoms with Crippen LogP contribution >= 0.6 is 0 Å². The van der Waals surface area contributed by atoms with Crippen molar-refractivity contribution in [3.63, 3.8) is 0 Å². The maximum absolute atomic E-state index is 5.57. The van der Waals surface area contributed by atoms with Gasteiger partial charge in [-0.15, -0.1) is 5.10 Å². The van der Waals surface area contributed by atoms with Gasteiger partial charge >= 0.3 is 6.01 Å². The molecule has 1 aromatic heterocycles. The van der Waals surface area contributed by atoms with Crippen molar-refractivity contribution in [1.82, 2.24) is 15.5 Å². The Hall–Kier alpha value is -2.08. The molecule has 6 heteroatoms. The fourth-order valence-electron chi connectivity index (χ4n) is 1.54. The molecule has 0 atom stereocenters. The number of rotatable bonds is 6. The zero-order valence-corrected chi connectivity index (χ0v) is 11.3. The van der Waals surface area contributed by atoms with Crippen LogP contribution in [0.25, 0.3) is 0 Å². The zero-order valence-electron chi connectivity index (χ0n) is 11.3. The van der Waals surface area contributed by atoms with Crippen LogP contribution in [0.3, 0.4) is 0 Å². The fraction of sp³-hybridized carbons (Fsp3) is 0.385. The molecule has 0 radical (unpaired) electrons. The minimum atomic E-state index is 0.166. The van der Waals surface area contributed by atoms with E-state index in [9.17, 15) is 0 Å². The highest BCUT2D eigenvalue weighted by atomic mass is 16.5. The second kappa shape index (κ2) is 6.19. The van der Waals surface area contributed by atoms with E-state index in [2.05, 4.69) is 20.8 Å². The van der Waals surface area contributed by atoms with Crippen molar-refractivity contribution in [3.05, 3.63) is 30.2 Å². The lowest BCUT2D eigenvalue weighted by molar-refractivity contribution is 0.242. The molecule has 2 rings (SSSR count). The Labute approximate surface area is 112 Å². The van der Waals surface area contributed by atoms with E-state index in [1.165, 1.54) is 0 Å². The van der Waals surface area contributed by atoms with Gasteiger partial charge in [0.1, 0.15) is 5.75 Å². The first-order valence-corrected chi connectivity index (χ1v) is 6.18. The van der Waals surface area contributed by atoms with Gasteiger partial charge in [-0.1, -0.05) is 5.10 Å². The third kappa shape index (κ3) is 3.96. The predicted octanol–water partition coefficient (Wildman–Crippen LogP) is 2.32. The largest absolute Gasteiger partial charge is 0.491 e. The Morgan fingerprint density at radius 1 is 1.21 bits per heavy atom. The van der Waals surface area contributed by atoms with Crippen LogP contribution < -0.4 is 15.4 Å². The number of nitrogens with one attached hydrogen (secondary N) is 2. The molecule has 6 nitrogen and oxygen atoms in total. The summed E-state index contributed by atoms with van der Waals surface area (Å²) in [6, 6.07) is 7.97. The number of hydrogen-bond donors (Lipinski definition) is 2. The van der Waals surface area contributed by atoms with Crippen LogP contribution in [0.1, 0.15) is 19.7 Å². The van der Waals surface area contributed by atoms with Crippen LogP contribution in [0.5, 0.6) is 5.75 Å². The van der Waals surface area contributed by atoms with Crippen molar-refractivity contribution in [2.45, 2.75) is 26.5 Å². The van der Waals surface area contributed by atoms with Gasteiger partial charge in [0.05, 0.1) is 12.6 Å². The molecule has 0 spiro atoms. The molecule has 102 valence electrons. The predicted molar refractivity (Wildman–Crippen MR) is 72.6 cm³/mol. The third-order valence-corrected chi connectivity index (χ3v) is 2.27. The number of anilines is 2. The quantitative estimate of drug-likeness (QED) is 0.832. The van der Waals surface area contributed by atoms with Gasteiger partial charge in [0, 0.05) is 5.69 Å². The van der Waals surface area contributed by atoms with Crippen LogP contribution in [0.2, 0.25) is 0 Å². The van der Waals surface area contributed by atoms with Gasteiger partial charge in [0.2, 0.25) is 5.89 Å². The van der Waals surface area contributed by atoms with Gasteiger partial charge < -0.3 is 19.8 Å². The Morgan fingerprint density at radius 2 is 1.95 bits per heavy atom. The molecule has 19 heavy (non-hydrogen) atoms. The maximum atomic E-state index is 5.57. The van der Waals surface area contributed by atoms with Gasteiger partial charge in [-0.3, -0.25) is 0 Å². The molecule has 2 N–H and O–H groups in total. The maximum Gasteiger partial charge on any atom is 0.320 e. The molecule has 1 aromatic carbocycles. The molecule has 0 fully saturated rings. The first-order valence-electron chi connectivity index (χ1n) is 6.18. The number of ether oxygens (including phenoxy) is 1. The van der Waals surface area contributed by atoms with E-state index >= 15 is 0 Å². The minimum absolute atomic E-state index is 0.166. The lowest BCUT2D eigenvalue weighted by Gasteiger charge is -2.09. The van der Waals surface area contributed by atoms with E-state index in [1.54, 1.807) is 0 Å². The molecule has 0 aliphatic carbocycles. The molecule has 0 bridgehead atoms. The lowest BCUT2D eigenvalue weighted by atomic mass is 10.3. The molecule has 0 amide bonds. The molecule has 2 aromatic rings. The number of benzene rings is 1. The Balaban J connectivity index is 1.98. The summed E-state index contributed by atoms with van der Waals surface area (Å²) in [4.78, 5) is 0. The minimum Gasteiger partial charge on any atom is -0.491 e. The summed E-state index contributed by atoms with van der Waals surface area (Å²) in [7, 11) is 1.82. The zero-order chi connectivity index (χ0) is 13.7. The Morgan fingerprint density at radius 3 is 2.58 bits per heavy atom. The Kier molecular flexibility index (Phi) is 4.35. The van der Waals surface area contributed by atoms with E-state index < -0.39 is 0 Å². The smallest absolute Gasteiger partial charge is 0.320 e. The lowest BCUT2D eigenvalue weighted by Crippen LogP contribution is -2.05. The molecular weight excluding hydrogens is 244 g/mol. The molecule has 1 heterocycles. The van der Waals surface area contributed by atoms with Crippen LogP contribution in [0, 0.1) is 0 Å². The molecule has 0 aliphatic rings. The van der Waals surface area contributed by atoms with Gasteiger partial charge in [0.15, 0.2) is 0 Å². The van der Waals surface area contributed by atoms with Crippen LogP contribution in [0.15, 0.2) is 28.7 Å². The highest BCUT2D eigenvalue weighted by Gasteiger charge is 2.05. The van der Waals surface area contributed by atoms with E-state index in [0.29, 0.717) is 18.5 Å². The number of aromatic nitrogens is 2. The average molecular weight is 262 g/mol. The third-order valence-electron chi connectivity index (χ3n) is 2.27. The standard InChI is InChI=1S/C13H18N4O2/c1-9(2)18-11-6-4-10(5-7-11)15-13-17-16-12(19-13)8-14-3/h4-7,9,14H,8H2,1-3H3,(H,15,17). The van der Waals surface area contributed by atoms with Gasteiger partial charge in [-0.25, -0.2) is 0 Å². The molecule has 0 unspecified atom stereocenters. The first-order chi connectivity index (χ1) is 9.17. The summed E-state index contributed by atoms with van der Waals surface area (Å²) in [5, 5.41) is 13.8. The Bertz CT molecular complexity index is 508. The second-order valence-corrected chi connectivity index (χ2v) is 4.35. The summed E-state index contributed by atoms with van der Waals surface area (Å²) >= 11 is 0. The monoisotopic (exact) mass is 262 g/mol. The summed E-state index contributed by atoms with van der Waals surface area (Å²) in [6.45, 7) is 4.54. The highest BCUT2D eigenvalue weighted by Crippen LogP contribution is 2.20.